The van der Waals surface area contributed by atoms with Crippen LogP contribution >= 0.6 is 0 Å². The minimum Gasteiger partial charge on any atom is -0.508 e. The first-order chi connectivity index (χ1) is 9.04. The molecule has 0 radical (unpaired) electrons. The van der Waals surface area contributed by atoms with Crippen LogP contribution in [0.1, 0.15) is 25.8 Å². The molecule has 0 saturated carbocycles. The van der Waals surface area contributed by atoms with Crippen molar-refractivity contribution in [3.8, 4) is 5.75 Å². The molecule has 0 aliphatic rings. The molecule has 1 aromatic carbocycles. The molecule has 0 heterocycles. The highest BCUT2D eigenvalue weighted by molar-refractivity contribution is 5.88. The van der Waals surface area contributed by atoms with Crippen molar-refractivity contribution < 1.29 is 14.7 Å². The summed E-state index contributed by atoms with van der Waals surface area (Å²) in [5.41, 5.74) is 0.543. The summed E-state index contributed by atoms with van der Waals surface area (Å²) in [5, 5.41) is 14.9. The second-order valence-corrected chi connectivity index (χ2v) is 4.39. The molecule has 1 rings (SSSR count). The number of phenolic OH excluding ortho intramolecular Hbond substituents is 1. The number of hydrogen-bond acceptors (Lipinski definition) is 3. The Hall–Kier alpha value is -2.04. The second-order valence-electron chi connectivity index (χ2n) is 4.39. The normalized spacial score (nSPS) is 11.7. The molecule has 0 saturated heterocycles. The van der Waals surface area contributed by atoms with Gasteiger partial charge in [-0.15, -0.1) is 0 Å². The summed E-state index contributed by atoms with van der Waals surface area (Å²) in [7, 11) is 0. The third kappa shape index (κ3) is 4.99. The van der Waals surface area contributed by atoms with Crippen LogP contribution in [-0.2, 0) is 16.0 Å². The molecule has 0 spiro atoms. The van der Waals surface area contributed by atoms with Crippen LogP contribution < -0.4 is 10.6 Å². The minimum absolute atomic E-state index is 0.0536. The lowest BCUT2D eigenvalue weighted by atomic mass is 10.1. The summed E-state index contributed by atoms with van der Waals surface area (Å²) in [6.07, 6.45) is 0.905. The zero-order valence-electron chi connectivity index (χ0n) is 11.3. The topological polar surface area (TPSA) is 78.4 Å². The van der Waals surface area contributed by atoms with Crippen LogP contribution in [0.2, 0.25) is 0 Å². The van der Waals surface area contributed by atoms with Crippen molar-refractivity contribution in [3.63, 3.8) is 0 Å². The van der Waals surface area contributed by atoms with Crippen LogP contribution in [0.3, 0.4) is 0 Å². The van der Waals surface area contributed by atoms with E-state index < -0.39 is 6.04 Å². The van der Waals surface area contributed by atoms with E-state index in [0.717, 1.165) is 6.42 Å². The number of para-hydroxylation sites is 1. The van der Waals surface area contributed by atoms with Gasteiger partial charge in [-0.05, 0) is 19.4 Å². The number of phenols is 1. The number of amides is 2. The first kappa shape index (κ1) is 15.0. The number of aromatic hydroxyl groups is 1. The van der Waals surface area contributed by atoms with Gasteiger partial charge in [-0.2, -0.15) is 0 Å². The third-order valence-corrected chi connectivity index (χ3v) is 2.66. The lowest BCUT2D eigenvalue weighted by molar-refractivity contribution is -0.128. The fourth-order valence-electron chi connectivity index (χ4n) is 1.59. The summed E-state index contributed by atoms with van der Waals surface area (Å²) < 4.78 is 0. The molecule has 5 heteroatoms. The van der Waals surface area contributed by atoms with E-state index in [1.165, 1.54) is 6.07 Å². The van der Waals surface area contributed by atoms with Gasteiger partial charge >= 0.3 is 0 Å². The molecule has 2 amide bonds. The van der Waals surface area contributed by atoms with E-state index >= 15 is 0 Å². The number of nitrogens with one attached hydrogen (secondary N) is 2. The maximum absolute atomic E-state index is 11.8. The van der Waals surface area contributed by atoms with E-state index in [0.29, 0.717) is 12.1 Å². The highest BCUT2D eigenvalue weighted by atomic mass is 16.3. The Labute approximate surface area is 113 Å². The van der Waals surface area contributed by atoms with Gasteiger partial charge in [0.05, 0.1) is 6.42 Å². The Kier molecular flexibility index (Phi) is 5.85. The van der Waals surface area contributed by atoms with Gasteiger partial charge in [0.15, 0.2) is 0 Å². The lowest BCUT2D eigenvalue weighted by Crippen LogP contribution is -2.45. The van der Waals surface area contributed by atoms with Gasteiger partial charge in [0.25, 0.3) is 0 Å². The van der Waals surface area contributed by atoms with Crippen molar-refractivity contribution in [3.05, 3.63) is 29.8 Å². The fourth-order valence-corrected chi connectivity index (χ4v) is 1.59. The molecule has 104 valence electrons. The zero-order chi connectivity index (χ0) is 14.3. The molecule has 19 heavy (non-hydrogen) atoms. The first-order valence-electron chi connectivity index (χ1n) is 6.38. The molecular formula is C14H20N2O3. The van der Waals surface area contributed by atoms with Crippen molar-refractivity contribution >= 4 is 11.8 Å². The number of rotatable bonds is 6. The SMILES string of the molecule is CCCNC(=O)C(C)NC(=O)Cc1ccccc1O. The summed E-state index contributed by atoms with van der Waals surface area (Å²) in [6.45, 7) is 4.19. The van der Waals surface area contributed by atoms with Crippen molar-refractivity contribution in [1.82, 2.24) is 10.6 Å². The van der Waals surface area contributed by atoms with E-state index in [-0.39, 0.29) is 24.0 Å². The van der Waals surface area contributed by atoms with E-state index in [2.05, 4.69) is 10.6 Å². The standard InChI is InChI=1S/C14H20N2O3/c1-3-8-15-14(19)10(2)16-13(18)9-11-6-4-5-7-12(11)17/h4-7,10,17H,3,8-9H2,1-2H3,(H,15,19)(H,16,18). The van der Waals surface area contributed by atoms with Crippen molar-refractivity contribution in [2.45, 2.75) is 32.7 Å². The first-order valence-corrected chi connectivity index (χ1v) is 6.38. The largest absolute Gasteiger partial charge is 0.508 e. The zero-order valence-corrected chi connectivity index (χ0v) is 11.3. The third-order valence-electron chi connectivity index (χ3n) is 2.66. The summed E-state index contributed by atoms with van der Waals surface area (Å²) in [6, 6.07) is 6.07. The highest BCUT2D eigenvalue weighted by Gasteiger charge is 2.15. The maximum atomic E-state index is 11.8. The lowest BCUT2D eigenvalue weighted by Gasteiger charge is -2.14. The van der Waals surface area contributed by atoms with E-state index in [1.807, 2.05) is 6.92 Å². The van der Waals surface area contributed by atoms with Gasteiger partial charge < -0.3 is 15.7 Å². The molecule has 0 fully saturated rings. The van der Waals surface area contributed by atoms with E-state index in [4.69, 9.17) is 0 Å². The number of carbonyl (C=O) groups excluding carboxylic acids is 2. The minimum atomic E-state index is -0.579. The van der Waals surface area contributed by atoms with Crippen LogP contribution in [0.4, 0.5) is 0 Å². The Morgan fingerprint density at radius 3 is 2.63 bits per heavy atom. The average molecular weight is 264 g/mol. The van der Waals surface area contributed by atoms with Gasteiger partial charge in [0.2, 0.25) is 11.8 Å². The molecule has 0 aliphatic carbocycles. The monoisotopic (exact) mass is 264 g/mol. The van der Waals surface area contributed by atoms with Gasteiger partial charge in [0, 0.05) is 12.1 Å². The van der Waals surface area contributed by atoms with E-state index in [9.17, 15) is 14.7 Å². The molecule has 1 aromatic rings. The molecule has 1 atom stereocenters. The predicted molar refractivity (Wildman–Crippen MR) is 72.7 cm³/mol. The van der Waals surface area contributed by atoms with Crippen molar-refractivity contribution in [2.24, 2.45) is 0 Å². The number of hydrogen-bond donors (Lipinski definition) is 3. The molecule has 0 bridgehead atoms. The quantitative estimate of drug-likeness (QED) is 0.716. The van der Waals surface area contributed by atoms with Gasteiger partial charge in [-0.25, -0.2) is 0 Å². The van der Waals surface area contributed by atoms with Crippen LogP contribution in [0, 0.1) is 0 Å². The Morgan fingerprint density at radius 1 is 1.32 bits per heavy atom. The second kappa shape index (κ2) is 7.41. The van der Waals surface area contributed by atoms with Crippen molar-refractivity contribution in [2.75, 3.05) is 6.54 Å². The summed E-state index contributed by atoms with van der Waals surface area (Å²) in [5.74, 6) is -0.408. The van der Waals surface area contributed by atoms with Crippen LogP contribution in [0.25, 0.3) is 0 Å². The fraction of sp³-hybridized carbons (Fsp3) is 0.429. The van der Waals surface area contributed by atoms with Gasteiger partial charge in [0.1, 0.15) is 11.8 Å². The van der Waals surface area contributed by atoms with Crippen LogP contribution in [0.15, 0.2) is 24.3 Å². The molecule has 3 N–H and O–H groups in total. The number of carbonyl (C=O) groups is 2. The Balaban J connectivity index is 2.47. The van der Waals surface area contributed by atoms with Crippen LogP contribution in [0.5, 0.6) is 5.75 Å². The van der Waals surface area contributed by atoms with Crippen LogP contribution in [-0.4, -0.2) is 29.5 Å². The molecule has 1 unspecified atom stereocenters. The molecule has 0 aliphatic heterocycles. The molecule has 5 nitrogen and oxygen atoms in total. The van der Waals surface area contributed by atoms with Crippen molar-refractivity contribution in [1.29, 1.82) is 0 Å². The predicted octanol–water partition coefficient (Wildman–Crippen LogP) is 0.966. The average Bonchev–Trinajstić information content (AvgIpc) is 2.38. The highest BCUT2D eigenvalue weighted by Crippen LogP contribution is 2.15. The Morgan fingerprint density at radius 2 is 2.00 bits per heavy atom. The summed E-state index contributed by atoms with van der Waals surface area (Å²) >= 11 is 0. The summed E-state index contributed by atoms with van der Waals surface area (Å²) in [4.78, 5) is 23.3. The molecule has 0 aromatic heterocycles. The van der Waals surface area contributed by atoms with Gasteiger partial charge in [-0.3, -0.25) is 9.59 Å². The molecular weight excluding hydrogens is 244 g/mol. The maximum Gasteiger partial charge on any atom is 0.242 e. The van der Waals surface area contributed by atoms with E-state index in [1.54, 1.807) is 25.1 Å². The van der Waals surface area contributed by atoms with Gasteiger partial charge in [-0.1, -0.05) is 25.1 Å². The Bertz CT molecular complexity index is 446. The smallest absolute Gasteiger partial charge is 0.242 e. The number of benzene rings is 1.